The highest BCUT2D eigenvalue weighted by atomic mass is 16.5. The van der Waals surface area contributed by atoms with Crippen molar-refractivity contribution in [3.05, 3.63) is 0 Å². The lowest BCUT2D eigenvalue weighted by Gasteiger charge is -2.34. The molecule has 1 rings (SSSR count). The van der Waals surface area contributed by atoms with E-state index in [0.29, 0.717) is 31.5 Å². The van der Waals surface area contributed by atoms with E-state index >= 15 is 0 Å². The van der Waals surface area contributed by atoms with Crippen LogP contribution in [-0.4, -0.2) is 35.7 Å². The van der Waals surface area contributed by atoms with Crippen LogP contribution in [0.3, 0.4) is 0 Å². The topological polar surface area (TPSA) is 75.6 Å². The number of rotatable bonds is 8. The minimum Gasteiger partial charge on any atom is -0.480 e. The zero-order chi connectivity index (χ0) is 13.5. The molecule has 1 aliphatic carbocycles. The average molecular weight is 257 g/mol. The Morgan fingerprint density at radius 3 is 2.56 bits per heavy atom. The number of amides is 1. The Morgan fingerprint density at radius 2 is 2.06 bits per heavy atom. The lowest BCUT2D eigenvalue weighted by Crippen LogP contribution is -2.43. The van der Waals surface area contributed by atoms with Gasteiger partial charge in [-0.2, -0.15) is 0 Å². The summed E-state index contributed by atoms with van der Waals surface area (Å²) in [5.41, 5.74) is 0. The smallest absolute Gasteiger partial charge is 0.326 e. The fourth-order valence-electron chi connectivity index (χ4n) is 2.27. The number of ether oxygens (including phenoxy) is 1. The van der Waals surface area contributed by atoms with Gasteiger partial charge < -0.3 is 15.2 Å². The van der Waals surface area contributed by atoms with Crippen LogP contribution >= 0.6 is 0 Å². The molecule has 104 valence electrons. The van der Waals surface area contributed by atoms with Crippen LogP contribution in [0.25, 0.3) is 0 Å². The number of carbonyl (C=O) groups is 2. The standard InChI is InChI=1S/C13H23NO4/c1-3-5-11(13(16)17)14-12(15)8-9-6-10(7-9)18-4-2/h9-11H,3-8H2,1-2H3,(H,14,15)(H,16,17)/t9?,10?,11-/m0/s1. The van der Waals surface area contributed by atoms with E-state index in [2.05, 4.69) is 5.32 Å². The summed E-state index contributed by atoms with van der Waals surface area (Å²) in [6, 6.07) is -0.745. The van der Waals surface area contributed by atoms with Crippen LogP contribution < -0.4 is 5.32 Å². The molecule has 0 aromatic carbocycles. The van der Waals surface area contributed by atoms with Gasteiger partial charge in [-0.1, -0.05) is 13.3 Å². The van der Waals surface area contributed by atoms with Gasteiger partial charge in [0.15, 0.2) is 0 Å². The van der Waals surface area contributed by atoms with Crippen molar-refractivity contribution in [1.82, 2.24) is 5.32 Å². The summed E-state index contributed by atoms with van der Waals surface area (Å²) >= 11 is 0. The lowest BCUT2D eigenvalue weighted by atomic mass is 9.80. The van der Waals surface area contributed by atoms with Gasteiger partial charge in [0.25, 0.3) is 0 Å². The fourth-order valence-corrected chi connectivity index (χ4v) is 2.27. The maximum Gasteiger partial charge on any atom is 0.326 e. The van der Waals surface area contributed by atoms with E-state index in [1.807, 2.05) is 13.8 Å². The Morgan fingerprint density at radius 1 is 1.39 bits per heavy atom. The zero-order valence-corrected chi connectivity index (χ0v) is 11.1. The number of carbonyl (C=O) groups excluding carboxylic acids is 1. The molecule has 1 aliphatic rings. The van der Waals surface area contributed by atoms with E-state index in [9.17, 15) is 9.59 Å². The molecule has 0 aromatic heterocycles. The first kappa shape index (κ1) is 15.0. The first-order chi connectivity index (χ1) is 8.56. The third-order valence-corrected chi connectivity index (χ3v) is 3.28. The Bertz CT molecular complexity index is 287. The molecule has 0 aliphatic heterocycles. The van der Waals surface area contributed by atoms with E-state index in [1.54, 1.807) is 0 Å². The molecule has 5 nitrogen and oxygen atoms in total. The SMILES string of the molecule is CCC[C@H](NC(=O)CC1CC(OCC)C1)C(=O)O. The first-order valence-electron chi connectivity index (χ1n) is 6.70. The van der Waals surface area contributed by atoms with Crippen LogP contribution in [0.15, 0.2) is 0 Å². The van der Waals surface area contributed by atoms with E-state index in [0.717, 1.165) is 19.3 Å². The number of carboxylic acid groups (broad SMARTS) is 1. The zero-order valence-electron chi connectivity index (χ0n) is 11.1. The molecule has 0 radical (unpaired) electrons. The average Bonchev–Trinajstić information content (AvgIpc) is 2.25. The molecule has 18 heavy (non-hydrogen) atoms. The maximum atomic E-state index is 11.7. The maximum absolute atomic E-state index is 11.7. The van der Waals surface area contributed by atoms with Crippen LogP contribution in [0.2, 0.25) is 0 Å². The molecule has 2 N–H and O–H groups in total. The molecule has 5 heteroatoms. The van der Waals surface area contributed by atoms with Gasteiger partial charge in [-0.3, -0.25) is 4.79 Å². The second-order valence-electron chi connectivity index (χ2n) is 4.87. The molecule has 0 aromatic rings. The highest BCUT2D eigenvalue weighted by molar-refractivity contribution is 5.83. The van der Waals surface area contributed by atoms with Crippen LogP contribution in [-0.2, 0) is 14.3 Å². The normalized spacial score (nSPS) is 24.1. The van der Waals surface area contributed by atoms with Crippen LogP contribution in [0.4, 0.5) is 0 Å². The van der Waals surface area contributed by atoms with Crippen LogP contribution in [0.5, 0.6) is 0 Å². The largest absolute Gasteiger partial charge is 0.480 e. The highest BCUT2D eigenvalue weighted by Gasteiger charge is 2.31. The summed E-state index contributed by atoms with van der Waals surface area (Å²) < 4.78 is 5.42. The highest BCUT2D eigenvalue weighted by Crippen LogP contribution is 2.32. The minimum absolute atomic E-state index is 0.157. The number of carboxylic acids is 1. The molecule has 1 saturated carbocycles. The van der Waals surface area contributed by atoms with E-state index in [4.69, 9.17) is 9.84 Å². The summed E-state index contributed by atoms with van der Waals surface area (Å²) in [5, 5.41) is 11.5. The van der Waals surface area contributed by atoms with Crippen molar-refractivity contribution in [3.8, 4) is 0 Å². The molecular weight excluding hydrogens is 234 g/mol. The molecule has 1 fully saturated rings. The molecular formula is C13H23NO4. The Kier molecular flexibility index (Phi) is 6.12. The molecule has 0 saturated heterocycles. The molecule has 0 unspecified atom stereocenters. The van der Waals surface area contributed by atoms with Crippen LogP contribution in [0, 0.1) is 5.92 Å². The van der Waals surface area contributed by atoms with Gasteiger partial charge in [-0.05, 0) is 32.1 Å². The van der Waals surface area contributed by atoms with Gasteiger partial charge in [0.1, 0.15) is 6.04 Å². The van der Waals surface area contributed by atoms with E-state index < -0.39 is 12.0 Å². The van der Waals surface area contributed by atoms with Crippen molar-refractivity contribution in [2.75, 3.05) is 6.61 Å². The van der Waals surface area contributed by atoms with E-state index in [1.165, 1.54) is 0 Å². The van der Waals surface area contributed by atoms with Crippen molar-refractivity contribution in [1.29, 1.82) is 0 Å². The molecule has 1 amide bonds. The van der Waals surface area contributed by atoms with E-state index in [-0.39, 0.29) is 5.91 Å². The van der Waals surface area contributed by atoms with Gasteiger partial charge in [-0.15, -0.1) is 0 Å². The summed E-state index contributed by atoms with van der Waals surface area (Å²) in [6.45, 7) is 4.57. The van der Waals surface area contributed by atoms with Gasteiger partial charge in [0, 0.05) is 13.0 Å². The van der Waals surface area contributed by atoms with Crippen LogP contribution in [0.1, 0.15) is 46.0 Å². The monoisotopic (exact) mass is 257 g/mol. The summed E-state index contributed by atoms with van der Waals surface area (Å²) in [6.07, 6.45) is 3.75. The molecule has 1 atom stereocenters. The Balaban J connectivity index is 2.23. The third kappa shape index (κ3) is 4.64. The van der Waals surface area contributed by atoms with Crippen molar-refractivity contribution in [2.24, 2.45) is 5.92 Å². The quantitative estimate of drug-likeness (QED) is 0.692. The predicted molar refractivity (Wildman–Crippen MR) is 67.2 cm³/mol. The molecule has 0 spiro atoms. The van der Waals surface area contributed by atoms with Crippen molar-refractivity contribution < 1.29 is 19.4 Å². The Labute approximate surface area is 108 Å². The first-order valence-corrected chi connectivity index (χ1v) is 6.70. The van der Waals surface area contributed by atoms with Gasteiger partial charge in [-0.25, -0.2) is 4.79 Å². The van der Waals surface area contributed by atoms with Crippen molar-refractivity contribution >= 4 is 11.9 Å². The summed E-state index contributed by atoms with van der Waals surface area (Å²) in [5.74, 6) is -0.764. The third-order valence-electron chi connectivity index (χ3n) is 3.28. The molecule has 0 bridgehead atoms. The number of aliphatic carboxylic acids is 1. The van der Waals surface area contributed by atoms with Crippen molar-refractivity contribution in [3.63, 3.8) is 0 Å². The lowest BCUT2D eigenvalue weighted by molar-refractivity contribution is -0.142. The fraction of sp³-hybridized carbons (Fsp3) is 0.846. The number of nitrogens with one attached hydrogen (secondary N) is 1. The summed E-state index contributed by atoms with van der Waals surface area (Å²) in [7, 11) is 0. The Hall–Kier alpha value is -1.10. The van der Waals surface area contributed by atoms with Crippen molar-refractivity contribution in [2.45, 2.75) is 58.1 Å². The number of hydrogen-bond donors (Lipinski definition) is 2. The van der Waals surface area contributed by atoms with Gasteiger partial charge >= 0.3 is 5.97 Å². The summed E-state index contributed by atoms with van der Waals surface area (Å²) in [4.78, 5) is 22.6. The second kappa shape index (κ2) is 7.36. The minimum atomic E-state index is -0.953. The predicted octanol–water partition coefficient (Wildman–Crippen LogP) is 1.56. The number of hydrogen-bond acceptors (Lipinski definition) is 3. The van der Waals surface area contributed by atoms with Gasteiger partial charge in [0.2, 0.25) is 5.91 Å². The van der Waals surface area contributed by atoms with Gasteiger partial charge in [0.05, 0.1) is 6.10 Å². The molecule has 0 heterocycles. The second-order valence-corrected chi connectivity index (χ2v) is 4.87.